The van der Waals surface area contributed by atoms with Gasteiger partial charge in [0.15, 0.2) is 69.0 Å². The van der Waals surface area contributed by atoms with Crippen molar-refractivity contribution in [1.29, 1.82) is 0 Å². The number of methoxy groups -OCH3 is 12. The lowest BCUT2D eigenvalue weighted by molar-refractivity contribution is 0.0464. The van der Waals surface area contributed by atoms with E-state index in [4.69, 9.17) is 66.3 Å². The molecule has 0 aliphatic heterocycles. The zero-order chi connectivity index (χ0) is 57.0. The molecule has 16 heteroatoms. The molecular formula is C64H62O16. The molecular weight excluding hydrogens is 1020 g/mol. The summed E-state index contributed by atoms with van der Waals surface area (Å²) >= 11 is 0. The predicted molar refractivity (Wildman–Crippen MR) is 303 cm³/mol. The Morgan fingerprint density at radius 1 is 0.250 bits per heavy atom. The normalized spacial score (nSPS) is 10.7. The summed E-state index contributed by atoms with van der Waals surface area (Å²) in [5, 5.41) is 0. The molecule has 414 valence electrons. The van der Waals surface area contributed by atoms with Crippen LogP contribution in [0.3, 0.4) is 0 Å². The highest BCUT2D eigenvalue weighted by atomic mass is 16.5. The van der Waals surface area contributed by atoms with Crippen molar-refractivity contribution in [2.24, 2.45) is 0 Å². The Bertz CT molecular complexity index is 3290. The molecule has 0 aromatic heterocycles. The van der Waals surface area contributed by atoms with Crippen molar-refractivity contribution >= 4 is 11.9 Å². The SMILES string of the molecule is COc1cc(C(=O)OCc2ccccc2)c(-c2cc(OC)c(OC)cc2-c2cc(OC)c(OC)cc2-c2cc(OC)c(OC)cc2-c2cc(OC)c(OC)cc2-c2cc(OC)c(OC)cc2C(=O)OCc2ccccc2)cc1OC. The lowest BCUT2D eigenvalue weighted by Crippen LogP contribution is -2.09. The molecule has 0 atom stereocenters. The van der Waals surface area contributed by atoms with E-state index in [0.717, 1.165) is 11.1 Å². The molecule has 0 heterocycles. The number of carbonyl (C=O) groups is 2. The molecule has 8 aromatic rings. The van der Waals surface area contributed by atoms with Gasteiger partial charge in [0.1, 0.15) is 13.2 Å². The Labute approximate surface area is 465 Å². The minimum Gasteiger partial charge on any atom is -0.493 e. The molecule has 0 N–H and O–H groups in total. The first-order valence-corrected chi connectivity index (χ1v) is 24.9. The smallest absolute Gasteiger partial charge is 0.339 e. The summed E-state index contributed by atoms with van der Waals surface area (Å²) in [7, 11) is 18.3. The average Bonchev–Trinajstić information content (AvgIpc) is 3.56. The Morgan fingerprint density at radius 2 is 0.425 bits per heavy atom. The summed E-state index contributed by atoms with van der Waals surface area (Å²) in [5.41, 5.74) is 6.91. The van der Waals surface area contributed by atoms with Crippen LogP contribution in [0.15, 0.2) is 133 Å². The highest BCUT2D eigenvalue weighted by Crippen LogP contribution is 2.54. The maximum atomic E-state index is 14.6. The molecule has 8 aromatic carbocycles. The van der Waals surface area contributed by atoms with E-state index in [1.54, 1.807) is 36.4 Å². The third kappa shape index (κ3) is 11.5. The van der Waals surface area contributed by atoms with E-state index < -0.39 is 11.9 Å². The van der Waals surface area contributed by atoms with Gasteiger partial charge in [0, 0.05) is 11.1 Å². The molecule has 80 heavy (non-hydrogen) atoms. The molecule has 0 saturated heterocycles. The Balaban J connectivity index is 1.48. The first-order chi connectivity index (χ1) is 38.9. The van der Waals surface area contributed by atoms with Gasteiger partial charge >= 0.3 is 11.9 Å². The minimum absolute atomic E-state index is 0.00797. The van der Waals surface area contributed by atoms with E-state index in [1.165, 1.54) is 85.3 Å². The summed E-state index contributed by atoms with van der Waals surface area (Å²) < 4.78 is 83.6. The maximum absolute atomic E-state index is 14.6. The Kier molecular flexibility index (Phi) is 18.1. The van der Waals surface area contributed by atoms with Crippen LogP contribution in [0.25, 0.3) is 55.6 Å². The van der Waals surface area contributed by atoms with Crippen LogP contribution in [0.2, 0.25) is 0 Å². The van der Waals surface area contributed by atoms with Crippen molar-refractivity contribution in [1.82, 2.24) is 0 Å². The molecule has 16 nitrogen and oxygen atoms in total. The Hall–Kier alpha value is -9.70. The van der Waals surface area contributed by atoms with Gasteiger partial charge in [-0.2, -0.15) is 0 Å². The predicted octanol–water partition coefficient (Wildman–Crippen LogP) is 12.8. The third-order valence-corrected chi connectivity index (χ3v) is 13.5. The van der Waals surface area contributed by atoms with Crippen LogP contribution in [0, 0.1) is 0 Å². The van der Waals surface area contributed by atoms with Gasteiger partial charge in [-0.05, 0) is 128 Å². The van der Waals surface area contributed by atoms with Gasteiger partial charge in [0.25, 0.3) is 0 Å². The lowest BCUT2D eigenvalue weighted by atomic mass is 9.83. The molecule has 0 amide bonds. The van der Waals surface area contributed by atoms with Crippen LogP contribution in [-0.4, -0.2) is 97.3 Å². The zero-order valence-electron chi connectivity index (χ0n) is 46.6. The molecule has 0 unspecified atom stereocenters. The first kappa shape index (κ1) is 56.5. The molecule has 0 bridgehead atoms. The molecule has 0 aliphatic carbocycles. The van der Waals surface area contributed by atoms with Crippen molar-refractivity contribution in [3.05, 3.63) is 156 Å². The quantitative estimate of drug-likeness (QED) is 0.0555. The van der Waals surface area contributed by atoms with Gasteiger partial charge in [-0.1, -0.05) is 60.7 Å². The highest BCUT2D eigenvalue weighted by Gasteiger charge is 2.30. The summed E-state index contributed by atoms with van der Waals surface area (Å²) in [4.78, 5) is 29.2. The maximum Gasteiger partial charge on any atom is 0.339 e. The van der Waals surface area contributed by atoms with Crippen molar-refractivity contribution in [3.63, 3.8) is 0 Å². The van der Waals surface area contributed by atoms with Crippen molar-refractivity contribution < 1.29 is 75.9 Å². The number of carbonyl (C=O) groups excluding carboxylic acids is 2. The second-order valence-corrected chi connectivity index (χ2v) is 17.6. The fraction of sp³-hybridized carbons (Fsp3) is 0.219. The summed E-state index contributed by atoms with van der Waals surface area (Å²) in [5.74, 6) is 2.82. The topological polar surface area (TPSA) is 163 Å². The van der Waals surface area contributed by atoms with E-state index in [9.17, 15) is 9.59 Å². The van der Waals surface area contributed by atoms with Gasteiger partial charge in [0.2, 0.25) is 0 Å². The third-order valence-electron chi connectivity index (χ3n) is 13.5. The molecule has 0 saturated carbocycles. The van der Waals surface area contributed by atoms with Gasteiger partial charge in [0.05, 0.1) is 96.4 Å². The number of hydrogen-bond donors (Lipinski definition) is 0. The average molecular weight is 1090 g/mol. The number of benzene rings is 8. The van der Waals surface area contributed by atoms with E-state index in [1.807, 2.05) is 97.1 Å². The largest absolute Gasteiger partial charge is 0.493 e. The number of esters is 2. The van der Waals surface area contributed by atoms with Crippen molar-refractivity contribution in [2.75, 3.05) is 85.3 Å². The van der Waals surface area contributed by atoms with Gasteiger partial charge in [-0.15, -0.1) is 0 Å². The van der Waals surface area contributed by atoms with Crippen LogP contribution in [0.5, 0.6) is 69.0 Å². The second kappa shape index (κ2) is 25.6. The van der Waals surface area contributed by atoms with E-state index in [2.05, 4.69) is 0 Å². The first-order valence-electron chi connectivity index (χ1n) is 24.9. The van der Waals surface area contributed by atoms with E-state index in [-0.39, 0.29) is 24.3 Å². The molecule has 0 radical (unpaired) electrons. The van der Waals surface area contributed by atoms with Crippen LogP contribution in [0.1, 0.15) is 31.8 Å². The van der Waals surface area contributed by atoms with Gasteiger partial charge in [-0.3, -0.25) is 0 Å². The minimum atomic E-state index is -0.639. The molecule has 0 spiro atoms. The van der Waals surface area contributed by atoms with Crippen molar-refractivity contribution in [2.45, 2.75) is 13.2 Å². The molecule has 0 aliphatic rings. The second-order valence-electron chi connectivity index (χ2n) is 17.6. The fourth-order valence-electron chi connectivity index (χ4n) is 9.44. The summed E-state index contributed by atoms with van der Waals surface area (Å²) in [6.07, 6.45) is 0. The van der Waals surface area contributed by atoms with E-state index in [0.29, 0.717) is 125 Å². The number of hydrogen-bond acceptors (Lipinski definition) is 16. The van der Waals surface area contributed by atoms with Crippen molar-refractivity contribution in [3.8, 4) is 125 Å². The van der Waals surface area contributed by atoms with Crippen LogP contribution < -0.4 is 56.8 Å². The highest BCUT2D eigenvalue weighted by molar-refractivity contribution is 6.07. The van der Waals surface area contributed by atoms with Gasteiger partial charge < -0.3 is 66.3 Å². The van der Waals surface area contributed by atoms with Crippen LogP contribution in [0.4, 0.5) is 0 Å². The number of rotatable bonds is 23. The standard InChI is InChI=1S/C64H62O16/c1-67-51-23-39(41(25-53(51)69-3)43-27-55(71-5)57(73-7)29-45(43)47-31-59(75-9)61(77-11)33-49(47)63(65)79-35-37-19-15-13-16-20-37)40-24-52(68-2)54(70-4)26-42(40)44-28-56(72-6)58(74-8)30-46(44)48-32-60(76-10)62(78-12)34-50(48)64(66)80-36-38-21-17-14-18-22-38/h13-34H,35-36H2,1-12H3. The zero-order valence-corrected chi connectivity index (χ0v) is 46.6. The summed E-state index contributed by atoms with van der Waals surface area (Å²) in [6, 6.07) is 39.9. The molecule has 0 fully saturated rings. The monoisotopic (exact) mass is 1090 g/mol. The fourth-order valence-corrected chi connectivity index (χ4v) is 9.44. The number of ether oxygens (including phenoxy) is 14. The summed E-state index contributed by atoms with van der Waals surface area (Å²) in [6.45, 7) is -0.0159. The van der Waals surface area contributed by atoms with Crippen LogP contribution >= 0.6 is 0 Å². The Morgan fingerprint density at radius 3 is 0.625 bits per heavy atom. The van der Waals surface area contributed by atoms with Gasteiger partial charge in [-0.25, -0.2) is 9.59 Å². The lowest BCUT2D eigenvalue weighted by Gasteiger charge is -2.24. The van der Waals surface area contributed by atoms with Crippen LogP contribution in [-0.2, 0) is 22.7 Å². The molecule has 8 rings (SSSR count). The van der Waals surface area contributed by atoms with E-state index >= 15 is 0 Å².